The number of aryl methyl sites for hydroxylation is 1. The van der Waals surface area contributed by atoms with Gasteiger partial charge in [0.15, 0.2) is 0 Å². The number of pyridine rings is 1. The molecule has 0 aliphatic rings. The molecule has 0 aliphatic carbocycles. The van der Waals surface area contributed by atoms with E-state index in [1.807, 2.05) is 13.0 Å². The van der Waals surface area contributed by atoms with E-state index in [-0.39, 0.29) is 5.91 Å². The first-order chi connectivity index (χ1) is 6.80. The van der Waals surface area contributed by atoms with Gasteiger partial charge in [0.05, 0.1) is 17.4 Å². The van der Waals surface area contributed by atoms with Gasteiger partial charge in [0.1, 0.15) is 4.60 Å². The molecule has 0 saturated heterocycles. The molecule has 1 rings (SSSR count). The molecule has 1 amide bonds. The summed E-state index contributed by atoms with van der Waals surface area (Å²) in [6.45, 7) is 5.21. The van der Waals surface area contributed by atoms with Crippen LogP contribution in [0.5, 0.6) is 0 Å². The predicted molar refractivity (Wildman–Crippen MR) is 63.6 cm³/mol. The fourth-order valence-corrected chi connectivity index (χ4v) is 1.14. The number of aromatic nitrogens is 1. The predicted octanol–water partition coefficient (Wildman–Crippen LogP) is 1.83. The lowest BCUT2D eigenvalue weighted by atomic mass is 10.1. The molecule has 1 heterocycles. The van der Waals surface area contributed by atoms with Gasteiger partial charge in [-0.15, -0.1) is 0 Å². The van der Waals surface area contributed by atoms with E-state index in [4.69, 9.17) is 5.73 Å². The van der Waals surface area contributed by atoms with Crippen LogP contribution in [0.1, 0.15) is 19.4 Å². The van der Waals surface area contributed by atoms with Crippen LogP contribution in [0.3, 0.4) is 0 Å². The van der Waals surface area contributed by atoms with Gasteiger partial charge in [-0.1, -0.05) is 0 Å². The molecule has 0 saturated carbocycles. The lowest BCUT2D eigenvalue weighted by molar-refractivity contribution is -0.120. The number of rotatable bonds is 2. The molecule has 0 atom stereocenters. The number of carbonyl (C=O) groups excluding carboxylic acids is 1. The summed E-state index contributed by atoms with van der Waals surface area (Å²) < 4.78 is 0.771. The maximum absolute atomic E-state index is 11.6. The first-order valence-electron chi connectivity index (χ1n) is 4.53. The average molecular weight is 272 g/mol. The Bertz CT molecular complexity index is 385. The summed E-state index contributed by atoms with van der Waals surface area (Å²) in [6, 6.07) is 1.83. The Balaban J connectivity index is 2.83. The highest BCUT2D eigenvalue weighted by atomic mass is 79.9. The summed E-state index contributed by atoms with van der Waals surface area (Å²) in [5.74, 6) is -0.231. The van der Waals surface area contributed by atoms with Crippen molar-refractivity contribution in [3.05, 3.63) is 22.4 Å². The Morgan fingerprint density at radius 2 is 2.20 bits per heavy atom. The van der Waals surface area contributed by atoms with Crippen molar-refractivity contribution in [2.75, 3.05) is 5.32 Å². The van der Waals surface area contributed by atoms with Crippen molar-refractivity contribution in [3.8, 4) is 0 Å². The number of amides is 1. The van der Waals surface area contributed by atoms with Crippen LogP contribution in [-0.4, -0.2) is 16.4 Å². The molecule has 82 valence electrons. The monoisotopic (exact) mass is 271 g/mol. The molecule has 0 radical (unpaired) electrons. The average Bonchev–Trinajstić information content (AvgIpc) is 2.10. The van der Waals surface area contributed by atoms with Crippen molar-refractivity contribution in [2.24, 2.45) is 5.73 Å². The Kier molecular flexibility index (Phi) is 3.46. The first kappa shape index (κ1) is 12.1. The number of hydrogen-bond acceptors (Lipinski definition) is 3. The van der Waals surface area contributed by atoms with Crippen LogP contribution in [0.25, 0.3) is 0 Å². The van der Waals surface area contributed by atoms with Crippen LogP contribution in [0.15, 0.2) is 16.9 Å². The van der Waals surface area contributed by atoms with E-state index < -0.39 is 5.54 Å². The van der Waals surface area contributed by atoms with Crippen molar-refractivity contribution in [1.29, 1.82) is 0 Å². The van der Waals surface area contributed by atoms with Crippen molar-refractivity contribution in [1.82, 2.24) is 4.98 Å². The zero-order valence-corrected chi connectivity index (χ0v) is 10.6. The normalized spacial score (nSPS) is 11.3. The standard InChI is InChI=1S/C10H14BrN3O/c1-6-4-7(5-13-8(6)11)14-9(15)10(2,3)12/h4-5H,12H2,1-3H3,(H,14,15). The maximum atomic E-state index is 11.6. The SMILES string of the molecule is Cc1cc(NC(=O)C(C)(C)N)cnc1Br. The van der Waals surface area contributed by atoms with Crippen LogP contribution in [-0.2, 0) is 4.79 Å². The Morgan fingerprint density at radius 3 is 2.67 bits per heavy atom. The second-order valence-corrected chi connectivity index (χ2v) is 4.76. The van der Waals surface area contributed by atoms with Gasteiger partial charge in [-0.05, 0) is 48.3 Å². The van der Waals surface area contributed by atoms with Gasteiger partial charge < -0.3 is 11.1 Å². The third kappa shape index (κ3) is 3.28. The fourth-order valence-electron chi connectivity index (χ4n) is 0.919. The number of anilines is 1. The van der Waals surface area contributed by atoms with Crippen LogP contribution < -0.4 is 11.1 Å². The fraction of sp³-hybridized carbons (Fsp3) is 0.400. The highest BCUT2D eigenvalue weighted by Gasteiger charge is 2.21. The quantitative estimate of drug-likeness (QED) is 0.807. The van der Waals surface area contributed by atoms with Gasteiger partial charge in [-0.25, -0.2) is 4.98 Å². The molecule has 1 aromatic heterocycles. The summed E-state index contributed by atoms with van der Waals surface area (Å²) in [4.78, 5) is 15.6. The number of nitrogens with zero attached hydrogens (tertiary/aromatic N) is 1. The molecule has 0 aliphatic heterocycles. The van der Waals surface area contributed by atoms with Gasteiger partial charge >= 0.3 is 0 Å². The second-order valence-electron chi connectivity index (χ2n) is 4.01. The number of nitrogens with two attached hydrogens (primary N) is 1. The molecule has 5 heteroatoms. The number of carbonyl (C=O) groups is 1. The van der Waals surface area contributed by atoms with E-state index >= 15 is 0 Å². The highest BCUT2D eigenvalue weighted by Crippen LogP contribution is 2.17. The van der Waals surface area contributed by atoms with E-state index in [0.29, 0.717) is 5.69 Å². The van der Waals surface area contributed by atoms with Gasteiger partial charge in [-0.2, -0.15) is 0 Å². The molecule has 15 heavy (non-hydrogen) atoms. The maximum Gasteiger partial charge on any atom is 0.243 e. The van der Waals surface area contributed by atoms with E-state index in [1.54, 1.807) is 20.0 Å². The molecule has 1 aromatic rings. The molecule has 0 bridgehead atoms. The molecule has 4 nitrogen and oxygen atoms in total. The summed E-state index contributed by atoms with van der Waals surface area (Å²) in [6.07, 6.45) is 1.58. The second kappa shape index (κ2) is 4.28. The minimum Gasteiger partial charge on any atom is -0.323 e. The van der Waals surface area contributed by atoms with Crippen molar-refractivity contribution in [2.45, 2.75) is 26.3 Å². The third-order valence-electron chi connectivity index (χ3n) is 1.86. The van der Waals surface area contributed by atoms with Crippen molar-refractivity contribution >= 4 is 27.5 Å². The lowest BCUT2D eigenvalue weighted by Crippen LogP contribution is -2.45. The van der Waals surface area contributed by atoms with E-state index in [1.165, 1.54) is 0 Å². The zero-order chi connectivity index (χ0) is 11.6. The van der Waals surface area contributed by atoms with E-state index in [2.05, 4.69) is 26.2 Å². The molecule has 3 N–H and O–H groups in total. The minimum absolute atomic E-state index is 0.231. The Labute approximate surface area is 97.4 Å². The molecule has 0 spiro atoms. The van der Waals surface area contributed by atoms with E-state index in [0.717, 1.165) is 10.2 Å². The van der Waals surface area contributed by atoms with Crippen molar-refractivity contribution in [3.63, 3.8) is 0 Å². The van der Waals surface area contributed by atoms with Gasteiger partial charge in [0.2, 0.25) is 5.91 Å². The molecule has 0 unspecified atom stereocenters. The van der Waals surface area contributed by atoms with Gasteiger partial charge in [0, 0.05) is 0 Å². The Hall–Kier alpha value is -0.940. The third-order valence-corrected chi connectivity index (χ3v) is 2.69. The largest absolute Gasteiger partial charge is 0.323 e. The van der Waals surface area contributed by atoms with E-state index in [9.17, 15) is 4.79 Å². The molecule has 0 fully saturated rings. The van der Waals surface area contributed by atoms with Gasteiger partial charge in [0.25, 0.3) is 0 Å². The van der Waals surface area contributed by atoms with Crippen LogP contribution in [0.4, 0.5) is 5.69 Å². The number of hydrogen-bond donors (Lipinski definition) is 2. The first-order valence-corrected chi connectivity index (χ1v) is 5.32. The molecular weight excluding hydrogens is 258 g/mol. The van der Waals surface area contributed by atoms with Crippen LogP contribution in [0.2, 0.25) is 0 Å². The lowest BCUT2D eigenvalue weighted by Gasteiger charge is -2.17. The molecule has 0 aromatic carbocycles. The van der Waals surface area contributed by atoms with Crippen molar-refractivity contribution < 1.29 is 4.79 Å². The summed E-state index contributed by atoms with van der Waals surface area (Å²) in [7, 11) is 0. The summed E-state index contributed by atoms with van der Waals surface area (Å²) in [5.41, 5.74) is 6.38. The molecular formula is C10H14BrN3O. The van der Waals surface area contributed by atoms with Crippen LogP contribution >= 0.6 is 15.9 Å². The summed E-state index contributed by atoms with van der Waals surface area (Å²) >= 11 is 3.29. The number of nitrogens with one attached hydrogen (secondary N) is 1. The number of halogens is 1. The zero-order valence-electron chi connectivity index (χ0n) is 8.97. The Morgan fingerprint density at radius 1 is 1.60 bits per heavy atom. The topological polar surface area (TPSA) is 68.0 Å². The van der Waals surface area contributed by atoms with Gasteiger partial charge in [-0.3, -0.25) is 4.79 Å². The smallest absolute Gasteiger partial charge is 0.243 e. The minimum atomic E-state index is -0.888. The summed E-state index contributed by atoms with van der Waals surface area (Å²) in [5, 5.41) is 2.70. The van der Waals surface area contributed by atoms with Crippen LogP contribution in [0, 0.1) is 6.92 Å². The highest BCUT2D eigenvalue weighted by molar-refractivity contribution is 9.10.